The number of imide groups is 1. The molecule has 3 rings (SSSR count). The Labute approximate surface area is 251 Å². The van der Waals surface area contributed by atoms with Crippen molar-refractivity contribution in [3.63, 3.8) is 0 Å². The van der Waals surface area contributed by atoms with Crippen molar-refractivity contribution < 1.29 is 42.9 Å². The van der Waals surface area contributed by atoms with Gasteiger partial charge in [0.1, 0.15) is 17.4 Å². The molecule has 0 bridgehead atoms. The Morgan fingerprint density at radius 1 is 1.12 bits per heavy atom. The quantitative estimate of drug-likeness (QED) is 0.142. The van der Waals surface area contributed by atoms with Crippen LogP contribution in [0.2, 0.25) is 0 Å². The van der Waals surface area contributed by atoms with Gasteiger partial charge < -0.3 is 29.6 Å². The molecule has 4 amide bonds. The Morgan fingerprint density at radius 2 is 1.83 bits per heavy atom. The predicted octanol–water partition coefficient (Wildman–Crippen LogP) is 2.04. The summed E-state index contributed by atoms with van der Waals surface area (Å²) in [6.45, 7) is 8.53. The minimum absolute atomic E-state index is 0.0371. The zero-order valence-electron chi connectivity index (χ0n) is 25.4. The number of carbonyl (C=O) groups is 5. The highest BCUT2D eigenvalue weighted by Crippen LogP contribution is 2.59. The topological polar surface area (TPSA) is 165 Å². The molecule has 0 radical (unpaired) electrons. The molecular weight excluding hydrogens is 566 g/mol. The molecule has 236 valence electrons. The van der Waals surface area contributed by atoms with Gasteiger partial charge in [-0.1, -0.05) is 18.6 Å². The number of Topliss-reactive ketones (excluding diaryl/α,β-unsaturated/α-hetero) is 1. The van der Waals surface area contributed by atoms with Gasteiger partial charge in [-0.2, -0.15) is 0 Å². The average Bonchev–Trinajstić information content (AvgIpc) is 3.86. The van der Waals surface area contributed by atoms with E-state index in [2.05, 4.69) is 42.8 Å². The largest absolute Gasteiger partial charge is 0.467 e. The maximum Gasteiger partial charge on any atom is 0.329 e. The van der Waals surface area contributed by atoms with Gasteiger partial charge in [0.05, 0.1) is 43.3 Å². The fourth-order valence-corrected chi connectivity index (χ4v) is 6.62. The van der Waals surface area contributed by atoms with Crippen molar-refractivity contribution in [1.29, 1.82) is 0 Å². The van der Waals surface area contributed by atoms with Crippen LogP contribution in [0.3, 0.4) is 0 Å². The molecule has 13 heteroatoms. The number of rotatable bonds is 15. The van der Waals surface area contributed by atoms with Crippen LogP contribution in [-0.2, 0) is 38.1 Å². The van der Waals surface area contributed by atoms with Crippen molar-refractivity contribution in [2.45, 2.75) is 102 Å². The molecule has 7 atom stereocenters. The van der Waals surface area contributed by atoms with Crippen LogP contribution in [-0.4, -0.2) is 97.4 Å². The van der Waals surface area contributed by atoms with E-state index in [9.17, 15) is 24.0 Å². The van der Waals surface area contributed by atoms with Gasteiger partial charge in [0.2, 0.25) is 11.8 Å². The number of thioether (sulfide) groups is 1. The van der Waals surface area contributed by atoms with E-state index in [-0.39, 0.29) is 59.9 Å². The van der Waals surface area contributed by atoms with Crippen LogP contribution in [0.5, 0.6) is 0 Å². The summed E-state index contributed by atoms with van der Waals surface area (Å²) in [6.07, 6.45) is 4.39. The third kappa shape index (κ3) is 8.77. The first kappa shape index (κ1) is 34.0. The molecule has 42 heavy (non-hydrogen) atoms. The second-order valence-electron chi connectivity index (χ2n) is 11.6. The number of nitrogens with one attached hydrogen (secondary N) is 3. The van der Waals surface area contributed by atoms with Crippen molar-refractivity contribution in [2.24, 2.45) is 5.92 Å². The summed E-state index contributed by atoms with van der Waals surface area (Å²) < 4.78 is 22.8. The van der Waals surface area contributed by atoms with Gasteiger partial charge in [-0.3, -0.25) is 19.7 Å². The van der Waals surface area contributed by atoms with Crippen molar-refractivity contribution in [1.82, 2.24) is 16.0 Å². The lowest BCUT2D eigenvalue weighted by atomic mass is 9.67. The Hall–Kier alpha value is -2.48. The molecule has 2 aliphatic heterocycles. The van der Waals surface area contributed by atoms with E-state index in [1.807, 2.05) is 0 Å². The van der Waals surface area contributed by atoms with E-state index in [1.165, 1.54) is 12.7 Å². The number of amides is 4. The fourth-order valence-electron chi connectivity index (χ4n) is 5.79. The van der Waals surface area contributed by atoms with E-state index in [1.54, 1.807) is 14.0 Å². The standard InChI is InChI=1S/C29H45N3O9S/c1-7-18(33)9-11-22(34)30-20(26(36)39-6)14-42-15-23(35)32-27(37)31-19-12-13-29(16-40-29)25(24(19)38-5)28(4)21(41-28)10-8-17(2)3/h8,19-21,24-25H,7,9-16H2,1-6H3,(H,30,34)(H2,31,32,35,37)/t19-,20+,21-,24-,25-,28?,29+/m1/s1. The summed E-state index contributed by atoms with van der Waals surface area (Å²) in [6, 6.07) is -1.98. The van der Waals surface area contributed by atoms with Crippen LogP contribution < -0.4 is 16.0 Å². The number of esters is 1. The Bertz CT molecular complexity index is 1060. The lowest BCUT2D eigenvalue weighted by molar-refractivity contribution is -0.144. The van der Waals surface area contributed by atoms with Crippen molar-refractivity contribution >= 4 is 41.4 Å². The van der Waals surface area contributed by atoms with E-state index >= 15 is 0 Å². The normalized spacial score (nSPS) is 30.0. The fraction of sp³-hybridized carbons (Fsp3) is 0.759. The van der Waals surface area contributed by atoms with Crippen LogP contribution in [0.25, 0.3) is 0 Å². The number of ketones is 1. The van der Waals surface area contributed by atoms with Crippen LogP contribution in [0.15, 0.2) is 11.6 Å². The molecule has 2 heterocycles. The molecule has 0 aromatic carbocycles. The summed E-state index contributed by atoms with van der Waals surface area (Å²) in [5.41, 5.74) is 0.457. The highest BCUT2D eigenvalue weighted by atomic mass is 32.2. The average molecular weight is 612 g/mol. The van der Waals surface area contributed by atoms with Gasteiger partial charge in [-0.15, -0.1) is 11.8 Å². The van der Waals surface area contributed by atoms with Gasteiger partial charge >= 0.3 is 12.0 Å². The minimum Gasteiger partial charge on any atom is -0.467 e. The number of epoxide rings is 2. The molecule has 0 aromatic rings. The minimum atomic E-state index is -0.990. The zero-order chi connectivity index (χ0) is 31.1. The lowest BCUT2D eigenvalue weighted by Gasteiger charge is -2.43. The van der Waals surface area contributed by atoms with E-state index < -0.39 is 35.5 Å². The summed E-state index contributed by atoms with van der Waals surface area (Å²) >= 11 is 1.07. The van der Waals surface area contributed by atoms with Gasteiger partial charge in [0.25, 0.3) is 0 Å². The molecule has 3 aliphatic rings. The van der Waals surface area contributed by atoms with Gasteiger partial charge in [-0.05, 0) is 40.0 Å². The Balaban J connectivity index is 1.49. The first-order valence-electron chi connectivity index (χ1n) is 14.4. The third-order valence-electron chi connectivity index (χ3n) is 8.23. The van der Waals surface area contributed by atoms with Gasteiger partial charge in [0, 0.05) is 38.0 Å². The highest BCUT2D eigenvalue weighted by molar-refractivity contribution is 8.00. The van der Waals surface area contributed by atoms with Crippen molar-refractivity contribution in [3.8, 4) is 0 Å². The maximum absolute atomic E-state index is 12.8. The van der Waals surface area contributed by atoms with E-state index in [4.69, 9.17) is 18.9 Å². The van der Waals surface area contributed by atoms with E-state index in [0.29, 0.717) is 19.4 Å². The second kappa shape index (κ2) is 14.8. The Morgan fingerprint density at radius 3 is 2.43 bits per heavy atom. The van der Waals surface area contributed by atoms with Crippen LogP contribution in [0.1, 0.15) is 66.2 Å². The number of urea groups is 1. The van der Waals surface area contributed by atoms with Crippen LogP contribution >= 0.6 is 11.8 Å². The number of ether oxygens (including phenoxy) is 4. The summed E-state index contributed by atoms with van der Waals surface area (Å²) in [5, 5.41) is 7.79. The highest BCUT2D eigenvalue weighted by Gasteiger charge is 2.71. The molecule has 1 aliphatic carbocycles. The van der Waals surface area contributed by atoms with Crippen LogP contribution in [0.4, 0.5) is 4.79 Å². The number of hydrogen-bond donors (Lipinski definition) is 3. The molecule has 3 fully saturated rings. The van der Waals surface area contributed by atoms with Crippen molar-refractivity contribution in [3.05, 3.63) is 11.6 Å². The molecule has 1 spiro atoms. The Kier molecular flexibility index (Phi) is 12.0. The zero-order valence-corrected chi connectivity index (χ0v) is 26.2. The number of allylic oxidation sites excluding steroid dienone is 1. The first-order chi connectivity index (χ1) is 19.9. The second-order valence-corrected chi connectivity index (χ2v) is 12.6. The van der Waals surface area contributed by atoms with Crippen molar-refractivity contribution in [2.75, 3.05) is 32.3 Å². The number of hydrogen-bond acceptors (Lipinski definition) is 10. The first-order valence-corrected chi connectivity index (χ1v) is 15.6. The summed E-state index contributed by atoms with van der Waals surface area (Å²) in [4.78, 5) is 61.0. The third-order valence-corrected chi connectivity index (χ3v) is 9.26. The maximum atomic E-state index is 12.8. The van der Waals surface area contributed by atoms with Gasteiger partial charge in [0.15, 0.2) is 0 Å². The van der Waals surface area contributed by atoms with Crippen LogP contribution in [0, 0.1) is 5.92 Å². The molecule has 3 N–H and O–H groups in total. The predicted molar refractivity (Wildman–Crippen MR) is 156 cm³/mol. The molecule has 1 unspecified atom stereocenters. The van der Waals surface area contributed by atoms with Gasteiger partial charge in [-0.25, -0.2) is 9.59 Å². The number of carbonyl (C=O) groups excluding carboxylic acids is 5. The SMILES string of the molecule is CCC(=O)CCC(=O)N[C@@H](CSCC(=O)NC(=O)N[C@@H]1CC[C@]2(CO2)[C@@H](C2(C)O[C@@H]2CC=C(C)C)[C@@H]1OC)C(=O)OC. The van der Waals surface area contributed by atoms with E-state index in [0.717, 1.165) is 24.6 Å². The smallest absolute Gasteiger partial charge is 0.329 e. The number of methoxy groups -OCH3 is 2. The molecule has 1 saturated carbocycles. The molecule has 12 nitrogen and oxygen atoms in total. The summed E-state index contributed by atoms with van der Waals surface area (Å²) in [7, 11) is 2.81. The molecule has 0 aromatic heterocycles. The lowest BCUT2D eigenvalue weighted by Crippen LogP contribution is -2.60. The monoisotopic (exact) mass is 611 g/mol. The summed E-state index contributed by atoms with van der Waals surface area (Å²) in [5.74, 6) is -1.88. The molecule has 2 saturated heterocycles. The molecular formula is C29H45N3O9S.